The highest BCUT2D eigenvalue weighted by Gasteiger charge is 2.44. The number of carbonyl (C=O) groups is 1. The Hall–Kier alpha value is -2.89. The van der Waals surface area contributed by atoms with Gasteiger partial charge in [-0.3, -0.25) is 4.79 Å². The second-order valence-corrected chi connectivity index (χ2v) is 21.8. The van der Waals surface area contributed by atoms with Gasteiger partial charge < -0.3 is 40.3 Å². The van der Waals surface area contributed by atoms with E-state index in [0.29, 0.717) is 6.42 Å². The predicted molar refractivity (Wildman–Crippen MR) is 327 cm³/mol. The molecule has 1 saturated heterocycles. The third-order valence-electron chi connectivity index (χ3n) is 14.7. The van der Waals surface area contributed by atoms with E-state index in [1.807, 2.05) is 6.08 Å². The van der Waals surface area contributed by atoms with Gasteiger partial charge >= 0.3 is 0 Å². The number of ether oxygens (including phenoxy) is 2. The maximum Gasteiger partial charge on any atom is 0.220 e. The normalized spacial score (nSPS) is 19.4. The number of amides is 1. The molecule has 1 heterocycles. The van der Waals surface area contributed by atoms with Crippen LogP contribution in [0.25, 0.3) is 0 Å². The molecule has 0 aromatic rings. The van der Waals surface area contributed by atoms with Gasteiger partial charge in [0.1, 0.15) is 24.4 Å². The van der Waals surface area contributed by atoms with Crippen LogP contribution in [0, 0.1) is 0 Å². The summed E-state index contributed by atoms with van der Waals surface area (Å²) in [6.07, 6.45) is 74.8. The van der Waals surface area contributed by atoms with Gasteiger partial charge in [-0.05, 0) is 77.0 Å². The standard InChI is InChI=1S/C68H119NO8/c1-3-5-7-9-11-13-15-17-19-21-23-25-27-29-31-33-35-37-39-41-43-45-47-49-51-53-55-57-62(71)61(60-76-68-67(75)66(74)65(73)63(59-70)77-68)69-64(72)58-56-54-52-50-48-46-44-42-40-38-36-34-32-30-28-26-24-22-20-18-16-14-12-10-8-6-4-2/h6,8,12,14,18,20,24,26,30,32,36,38,42,44,55,57,61-63,65-68,70-71,73-75H,3-5,7,9-11,13,15-17,19,21-23,25,27-29,31,33-35,37,39-41,43,45-54,56,58-60H2,1-2H3,(H,69,72)/b8-6-,14-12-,20-18-,26-24-,32-30-,38-36-,44-42-,57-55+. The van der Waals surface area contributed by atoms with Gasteiger partial charge in [0.15, 0.2) is 6.29 Å². The molecule has 7 atom stereocenters. The topological polar surface area (TPSA) is 149 Å². The van der Waals surface area contributed by atoms with E-state index in [-0.39, 0.29) is 12.5 Å². The second-order valence-electron chi connectivity index (χ2n) is 21.8. The van der Waals surface area contributed by atoms with Crippen molar-refractivity contribution in [2.45, 2.75) is 314 Å². The third-order valence-corrected chi connectivity index (χ3v) is 14.7. The monoisotopic (exact) mass is 1080 g/mol. The largest absolute Gasteiger partial charge is 0.394 e. The van der Waals surface area contributed by atoms with Crippen molar-refractivity contribution in [3.8, 4) is 0 Å². The summed E-state index contributed by atoms with van der Waals surface area (Å²) in [4.78, 5) is 13.1. The van der Waals surface area contributed by atoms with Gasteiger partial charge in [0.25, 0.3) is 0 Å². The second kappa shape index (κ2) is 56.4. The molecule has 9 nitrogen and oxygen atoms in total. The van der Waals surface area contributed by atoms with Crippen LogP contribution in [-0.4, -0.2) is 87.5 Å². The average Bonchev–Trinajstić information content (AvgIpc) is 3.43. The Labute approximate surface area is 473 Å². The number of nitrogens with one attached hydrogen (secondary N) is 1. The number of carbonyl (C=O) groups excluding carboxylic acids is 1. The number of unbranched alkanes of at least 4 members (excludes halogenated alkanes) is 30. The molecule has 1 aliphatic rings. The fourth-order valence-corrected chi connectivity index (χ4v) is 9.67. The van der Waals surface area contributed by atoms with E-state index in [0.717, 1.165) is 103 Å². The quantitative estimate of drug-likeness (QED) is 0.0261. The summed E-state index contributed by atoms with van der Waals surface area (Å²) in [7, 11) is 0. The van der Waals surface area contributed by atoms with E-state index < -0.39 is 49.5 Å². The van der Waals surface area contributed by atoms with Crippen LogP contribution in [0.5, 0.6) is 0 Å². The summed E-state index contributed by atoms with van der Waals surface area (Å²) < 4.78 is 11.3. The zero-order valence-corrected chi connectivity index (χ0v) is 49.4. The molecule has 1 fully saturated rings. The van der Waals surface area contributed by atoms with Gasteiger partial charge in [-0.25, -0.2) is 0 Å². The van der Waals surface area contributed by atoms with Gasteiger partial charge in [-0.1, -0.05) is 284 Å². The van der Waals surface area contributed by atoms with Gasteiger partial charge in [0, 0.05) is 6.42 Å². The molecule has 9 heteroatoms. The Balaban J connectivity index is 2.22. The first-order chi connectivity index (χ1) is 37.8. The molecule has 77 heavy (non-hydrogen) atoms. The summed E-state index contributed by atoms with van der Waals surface area (Å²) >= 11 is 0. The maximum absolute atomic E-state index is 13.1. The Bertz CT molecular complexity index is 1530. The van der Waals surface area contributed by atoms with Crippen LogP contribution < -0.4 is 5.32 Å². The molecule has 7 unspecified atom stereocenters. The molecular weight excluding hydrogens is 959 g/mol. The first-order valence-corrected chi connectivity index (χ1v) is 32.0. The first-order valence-electron chi connectivity index (χ1n) is 32.0. The molecular formula is C68H119NO8. The Morgan fingerprint density at radius 1 is 0.455 bits per heavy atom. The van der Waals surface area contributed by atoms with Gasteiger partial charge in [-0.15, -0.1) is 0 Å². The van der Waals surface area contributed by atoms with E-state index in [1.54, 1.807) is 6.08 Å². The molecule has 0 aliphatic carbocycles. The lowest BCUT2D eigenvalue weighted by Gasteiger charge is -2.40. The van der Waals surface area contributed by atoms with Crippen molar-refractivity contribution in [3.63, 3.8) is 0 Å². The smallest absolute Gasteiger partial charge is 0.220 e. The molecule has 0 aromatic carbocycles. The molecule has 6 N–H and O–H groups in total. The van der Waals surface area contributed by atoms with Crippen LogP contribution in [-0.2, 0) is 14.3 Å². The molecule has 444 valence electrons. The number of hydrogen-bond acceptors (Lipinski definition) is 8. The van der Waals surface area contributed by atoms with Crippen LogP contribution in [0.4, 0.5) is 0 Å². The fourth-order valence-electron chi connectivity index (χ4n) is 9.67. The SMILES string of the molecule is CC/C=C\C/C=C\C/C=C\C/C=C\C/C=C\C/C=C\C/C=C\CCCCCCCC(=O)NC(COC1OC(CO)C(O)C(O)C1O)C(O)/C=C/CCCCCCCCCCCCCCCCCCCCCCCCCCC. The van der Waals surface area contributed by atoms with Crippen molar-refractivity contribution in [1.82, 2.24) is 5.32 Å². The minimum atomic E-state index is -1.58. The number of aliphatic hydroxyl groups excluding tert-OH is 5. The number of aliphatic hydroxyl groups is 5. The molecule has 0 saturated carbocycles. The number of allylic oxidation sites excluding steroid dienone is 15. The summed E-state index contributed by atoms with van der Waals surface area (Å²) in [6, 6.07) is -0.824. The van der Waals surface area contributed by atoms with Gasteiger partial charge in [-0.2, -0.15) is 0 Å². The van der Waals surface area contributed by atoms with Crippen molar-refractivity contribution >= 4 is 5.91 Å². The molecule has 0 radical (unpaired) electrons. The summed E-state index contributed by atoms with van der Waals surface area (Å²) in [6.45, 7) is 3.67. The van der Waals surface area contributed by atoms with E-state index in [9.17, 15) is 30.3 Å². The lowest BCUT2D eigenvalue weighted by Crippen LogP contribution is -2.60. The van der Waals surface area contributed by atoms with E-state index >= 15 is 0 Å². The van der Waals surface area contributed by atoms with Gasteiger partial charge in [0.2, 0.25) is 5.91 Å². The number of rotatable bonds is 54. The fraction of sp³-hybridized carbons (Fsp3) is 0.750. The minimum absolute atomic E-state index is 0.197. The van der Waals surface area contributed by atoms with E-state index in [4.69, 9.17) is 9.47 Å². The van der Waals surface area contributed by atoms with Crippen molar-refractivity contribution < 1.29 is 39.8 Å². The Morgan fingerprint density at radius 2 is 0.805 bits per heavy atom. The maximum atomic E-state index is 13.1. The minimum Gasteiger partial charge on any atom is -0.394 e. The van der Waals surface area contributed by atoms with Crippen molar-refractivity contribution in [3.05, 3.63) is 97.2 Å². The molecule has 1 amide bonds. The van der Waals surface area contributed by atoms with Crippen LogP contribution in [0.15, 0.2) is 97.2 Å². The summed E-state index contributed by atoms with van der Waals surface area (Å²) in [5.41, 5.74) is 0. The molecule has 1 aliphatic heterocycles. The van der Waals surface area contributed by atoms with E-state index in [1.165, 1.54) is 148 Å². The van der Waals surface area contributed by atoms with Crippen LogP contribution in [0.3, 0.4) is 0 Å². The lowest BCUT2D eigenvalue weighted by atomic mass is 9.99. The first kappa shape index (κ1) is 72.1. The highest BCUT2D eigenvalue weighted by molar-refractivity contribution is 5.76. The van der Waals surface area contributed by atoms with Crippen LogP contribution in [0.1, 0.15) is 271 Å². The Morgan fingerprint density at radius 3 is 1.19 bits per heavy atom. The van der Waals surface area contributed by atoms with Crippen LogP contribution in [0.2, 0.25) is 0 Å². The average molecular weight is 1080 g/mol. The molecule has 0 bridgehead atoms. The zero-order valence-electron chi connectivity index (χ0n) is 49.4. The number of hydrogen-bond donors (Lipinski definition) is 6. The van der Waals surface area contributed by atoms with Crippen molar-refractivity contribution in [1.29, 1.82) is 0 Å². The lowest BCUT2D eigenvalue weighted by molar-refractivity contribution is -0.302. The highest BCUT2D eigenvalue weighted by Crippen LogP contribution is 2.23. The van der Waals surface area contributed by atoms with Gasteiger partial charge in [0.05, 0.1) is 25.4 Å². The predicted octanol–water partition coefficient (Wildman–Crippen LogP) is 16.7. The molecule has 1 rings (SSSR count). The third kappa shape index (κ3) is 45.5. The van der Waals surface area contributed by atoms with Crippen LogP contribution >= 0.6 is 0 Å². The molecule has 0 aromatic heterocycles. The zero-order chi connectivity index (χ0) is 55.8. The van der Waals surface area contributed by atoms with Crippen molar-refractivity contribution in [2.24, 2.45) is 0 Å². The summed E-state index contributed by atoms with van der Waals surface area (Å²) in [5, 5.41) is 54.7. The van der Waals surface area contributed by atoms with E-state index in [2.05, 4.69) is 104 Å². The summed E-state index contributed by atoms with van der Waals surface area (Å²) in [5.74, 6) is -0.197. The van der Waals surface area contributed by atoms with Crippen molar-refractivity contribution in [2.75, 3.05) is 13.2 Å². The highest BCUT2D eigenvalue weighted by atomic mass is 16.7. The Kier molecular flexibility index (Phi) is 52.8. The molecule has 0 spiro atoms.